The third-order valence-corrected chi connectivity index (χ3v) is 7.20. The number of hydrogen-bond acceptors (Lipinski definition) is 8. The molecule has 224 valence electrons. The van der Waals surface area contributed by atoms with E-state index in [-0.39, 0.29) is 18.6 Å². The maximum Gasteiger partial charge on any atom is 0.249 e. The van der Waals surface area contributed by atoms with Gasteiger partial charge >= 0.3 is 0 Å². The second-order valence-corrected chi connectivity index (χ2v) is 10.1. The molecule has 3 amide bonds. The molecule has 0 aliphatic carbocycles. The van der Waals surface area contributed by atoms with Crippen molar-refractivity contribution in [2.45, 2.75) is 38.5 Å². The number of hydrogen-bond donors (Lipinski definition) is 2. The molecule has 0 unspecified atom stereocenters. The number of carbonyl (C=O) groups excluding carboxylic acids is 3. The molecule has 1 aliphatic heterocycles. The summed E-state index contributed by atoms with van der Waals surface area (Å²) in [6.45, 7) is 2.15. The molecule has 12 nitrogen and oxygen atoms in total. The van der Waals surface area contributed by atoms with Crippen LogP contribution in [0.15, 0.2) is 66.7 Å². The van der Waals surface area contributed by atoms with Crippen molar-refractivity contribution in [2.75, 3.05) is 37.6 Å². The predicted octanol–water partition coefficient (Wildman–Crippen LogP) is 3.48. The molecule has 1 aromatic heterocycles. The van der Waals surface area contributed by atoms with Crippen molar-refractivity contribution in [2.24, 2.45) is 0 Å². The van der Waals surface area contributed by atoms with E-state index in [1.54, 1.807) is 42.5 Å². The lowest BCUT2D eigenvalue weighted by atomic mass is 10.0. The number of fused-ring (bicyclic) bond motifs is 1. The standard InChI is InChI=1S/C31H34N6O6/c1-20(38)33-21-13-15-22(16-14-21)37(28(39)19-36-26-11-5-4-10-25(26)34-35-36)29(31(40)32-18-23-8-7-17-43-23)24-9-6-12-27(41-2)30(24)42-3/h4-6,9-16,23,29H,7-8,17-19H2,1-3H3,(H,32,40)(H,33,38)/t23-,29-/m0/s1. The molecular weight excluding hydrogens is 552 g/mol. The summed E-state index contributed by atoms with van der Waals surface area (Å²) in [4.78, 5) is 41.6. The van der Waals surface area contributed by atoms with Crippen molar-refractivity contribution in [3.05, 3.63) is 72.3 Å². The Bertz CT molecular complexity index is 1600. The molecule has 2 heterocycles. The van der Waals surface area contributed by atoms with Crippen LogP contribution >= 0.6 is 0 Å². The predicted molar refractivity (Wildman–Crippen MR) is 160 cm³/mol. The van der Waals surface area contributed by atoms with E-state index in [0.717, 1.165) is 12.8 Å². The van der Waals surface area contributed by atoms with Crippen LogP contribution in [0.1, 0.15) is 31.4 Å². The number of para-hydroxylation sites is 2. The maximum absolute atomic E-state index is 14.3. The van der Waals surface area contributed by atoms with Crippen molar-refractivity contribution in [1.82, 2.24) is 20.3 Å². The highest BCUT2D eigenvalue weighted by Gasteiger charge is 2.36. The zero-order valence-electron chi connectivity index (χ0n) is 24.3. The molecule has 5 rings (SSSR count). The van der Waals surface area contributed by atoms with Crippen LogP contribution in [-0.2, 0) is 25.7 Å². The summed E-state index contributed by atoms with van der Waals surface area (Å²) in [7, 11) is 2.99. The van der Waals surface area contributed by atoms with Crippen molar-refractivity contribution in [1.29, 1.82) is 0 Å². The van der Waals surface area contributed by atoms with E-state index in [0.29, 0.717) is 52.6 Å². The van der Waals surface area contributed by atoms with E-state index in [1.807, 2.05) is 24.3 Å². The first kappa shape index (κ1) is 29.5. The summed E-state index contributed by atoms with van der Waals surface area (Å²) in [5.74, 6) is -0.352. The molecule has 1 fully saturated rings. The summed E-state index contributed by atoms with van der Waals surface area (Å²) in [6, 6.07) is 18.0. The molecule has 0 saturated carbocycles. The van der Waals surface area contributed by atoms with Gasteiger partial charge in [0, 0.05) is 37.0 Å². The first-order chi connectivity index (χ1) is 20.9. The van der Waals surface area contributed by atoms with Gasteiger partial charge in [-0.05, 0) is 55.3 Å². The zero-order valence-corrected chi connectivity index (χ0v) is 24.3. The van der Waals surface area contributed by atoms with E-state index in [9.17, 15) is 14.4 Å². The first-order valence-corrected chi connectivity index (χ1v) is 14.0. The molecular formula is C31H34N6O6. The summed E-state index contributed by atoms with van der Waals surface area (Å²) in [6.07, 6.45) is 1.64. The number of ether oxygens (including phenoxy) is 3. The Labute approximate surface area is 248 Å². The number of methoxy groups -OCH3 is 2. The van der Waals surface area contributed by atoms with Crippen LogP contribution in [0.5, 0.6) is 11.5 Å². The van der Waals surface area contributed by atoms with E-state index in [2.05, 4.69) is 20.9 Å². The van der Waals surface area contributed by atoms with Crippen molar-refractivity contribution < 1.29 is 28.6 Å². The molecule has 12 heteroatoms. The highest BCUT2D eigenvalue weighted by Crippen LogP contribution is 2.39. The van der Waals surface area contributed by atoms with Gasteiger partial charge in [0.05, 0.1) is 25.8 Å². The van der Waals surface area contributed by atoms with E-state index in [1.165, 1.54) is 30.7 Å². The normalized spacial score (nSPS) is 15.1. The minimum absolute atomic E-state index is 0.112. The summed E-state index contributed by atoms with van der Waals surface area (Å²) in [5.41, 5.74) is 2.71. The van der Waals surface area contributed by atoms with Gasteiger partial charge in [0.1, 0.15) is 18.1 Å². The lowest BCUT2D eigenvalue weighted by Crippen LogP contribution is -2.46. The SMILES string of the molecule is COc1cccc([C@@H](C(=O)NC[C@@H]2CCCO2)N(C(=O)Cn2nnc3ccccc32)c2ccc(NC(C)=O)cc2)c1OC. The molecule has 1 saturated heterocycles. The Kier molecular flexibility index (Phi) is 9.16. The monoisotopic (exact) mass is 586 g/mol. The highest BCUT2D eigenvalue weighted by atomic mass is 16.5. The number of rotatable bonds is 11. The molecule has 43 heavy (non-hydrogen) atoms. The third kappa shape index (κ3) is 6.59. The van der Waals surface area contributed by atoms with Gasteiger partial charge in [0.15, 0.2) is 11.5 Å². The van der Waals surface area contributed by atoms with Crippen LogP contribution in [0, 0.1) is 0 Å². The van der Waals surface area contributed by atoms with Gasteiger partial charge in [-0.3, -0.25) is 19.3 Å². The minimum Gasteiger partial charge on any atom is -0.493 e. The van der Waals surface area contributed by atoms with E-state index < -0.39 is 17.9 Å². The van der Waals surface area contributed by atoms with E-state index >= 15 is 0 Å². The van der Waals surface area contributed by atoms with Gasteiger partial charge in [-0.15, -0.1) is 5.10 Å². The Morgan fingerprint density at radius 3 is 2.53 bits per heavy atom. The lowest BCUT2D eigenvalue weighted by Gasteiger charge is -2.33. The van der Waals surface area contributed by atoms with Crippen LogP contribution < -0.4 is 25.0 Å². The smallest absolute Gasteiger partial charge is 0.249 e. The molecule has 4 aromatic rings. The number of carbonyl (C=O) groups is 3. The average molecular weight is 587 g/mol. The van der Waals surface area contributed by atoms with Gasteiger partial charge in [-0.2, -0.15) is 0 Å². The van der Waals surface area contributed by atoms with Crippen molar-refractivity contribution in [3.63, 3.8) is 0 Å². The molecule has 1 aliphatic rings. The van der Waals surface area contributed by atoms with Crippen LogP contribution in [0.4, 0.5) is 11.4 Å². The highest BCUT2D eigenvalue weighted by molar-refractivity contribution is 6.02. The Morgan fingerprint density at radius 2 is 1.84 bits per heavy atom. The molecule has 2 N–H and O–H groups in total. The molecule has 0 spiro atoms. The van der Waals surface area contributed by atoms with Crippen molar-refractivity contribution >= 4 is 40.1 Å². The molecule has 3 aromatic carbocycles. The largest absolute Gasteiger partial charge is 0.493 e. The summed E-state index contributed by atoms with van der Waals surface area (Å²) < 4.78 is 18.5. The average Bonchev–Trinajstić information content (AvgIpc) is 3.69. The van der Waals surface area contributed by atoms with Crippen molar-refractivity contribution in [3.8, 4) is 11.5 Å². The van der Waals surface area contributed by atoms with Gasteiger partial charge in [-0.25, -0.2) is 4.68 Å². The van der Waals surface area contributed by atoms with Gasteiger partial charge in [-0.1, -0.05) is 29.5 Å². The Morgan fingerprint density at radius 1 is 1.05 bits per heavy atom. The van der Waals surface area contributed by atoms with Crippen LogP contribution in [0.3, 0.4) is 0 Å². The van der Waals surface area contributed by atoms with Gasteiger partial charge in [0.25, 0.3) is 0 Å². The minimum atomic E-state index is -1.17. The second kappa shape index (κ2) is 13.3. The van der Waals surface area contributed by atoms with Crippen LogP contribution in [0.2, 0.25) is 0 Å². The lowest BCUT2D eigenvalue weighted by molar-refractivity contribution is -0.127. The molecule has 0 radical (unpaired) electrons. The number of aromatic nitrogens is 3. The Balaban J connectivity index is 1.60. The van der Waals surface area contributed by atoms with Gasteiger partial charge in [0.2, 0.25) is 17.7 Å². The number of anilines is 2. The fourth-order valence-corrected chi connectivity index (χ4v) is 5.23. The molecule has 0 bridgehead atoms. The topological polar surface area (TPSA) is 137 Å². The fraction of sp³-hybridized carbons (Fsp3) is 0.323. The number of nitrogens with zero attached hydrogens (tertiary/aromatic N) is 4. The number of benzene rings is 3. The Hall–Kier alpha value is -4.97. The molecule has 2 atom stereocenters. The van der Waals surface area contributed by atoms with Crippen LogP contribution in [0.25, 0.3) is 11.0 Å². The summed E-state index contributed by atoms with van der Waals surface area (Å²) >= 11 is 0. The zero-order chi connectivity index (χ0) is 30.3. The second-order valence-electron chi connectivity index (χ2n) is 10.1. The fourth-order valence-electron chi connectivity index (χ4n) is 5.23. The number of amides is 3. The first-order valence-electron chi connectivity index (χ1n) is 14.0. The quantitative estimate of drug-likeness (QED) is 0.273. The van der Waals surface area contributed by atoms with Gasteiger partial charge < -0.3 is 24.8 Å². The summed E-state index contributed by atoms with van der Waals surface area (Å²) in [5, 5.41) is 14.1. The van der Waals surface area contributed by atoms with E-state index in [4.69, 9.17) is 14.2 Å². The number of nitrogens with one attached hydrogen (secondary N) is 2. The maximum atomic E-state index is 14.3. The third-order valence-electron chi connectivity index (χ3n) is 7.20. The van der Waals surface area contributed by atoms with Crippen LogP contribution in [-0.4, -0.2) is 66.2 Å².